The third kappa shape index (κ3) is 4.49. The van der Waals surface area contributed by atoms with Crippen molar-refractivity contribution in [1.29, 1.82) is 0 Å². The van der Waals surface area contributed by atoms with Gasteiger partial charge < -0.3 is 0 Å². The average molecular weight is 669 g/mol. The van der Waals surface area contributed by atoms with E-state index in [9.17, 15) is 14.8 Å². The van der Waals surface area contributed by atoms with Crippen LogP contribution in [0.25, 0.3) is 33.0 Å². The van der Waals surface area contributed by atoms with E-state index in [1.165, 1.54) is 0 Å². The first-order chi connectivity index (χ1) is 24.7. The standard InChI is InChI=1S/C45H36N2O4/c1-45(2,3)41(46-42(48)35-24-12-14-26-15-13-25-36(37(26)35)43(46)49)44(50)47(51)40(38-31-20-8-4-16-27(31)28-17-5-9-21-32(28)38)39-33-22-10-6-18-29(33)30-19-7-11-23-34(30)39/h4-25,38-41,51H,1-3H3/t41-/m1/s1. The van der Waals surface area contributed by atoms with Crippen molar-refractivity contribution >= 4 is 28.5 Å². The van der Waals surface area contributed by atoms with Gasteiger partial charge in [-0.2, -0.15) is 0 Å². The lowest BCUT2D eigenvalue weighted by Gasteiger charge is -2.44. The summed E-state index contributed by atoms with van der Waals surface area (Å²) in [4.78, 5) is 45.3. The van der Waals surface area contributed by atoms with E-state index in [1.807, 2.05) is 81.4 Å². The Hall–Kier alpha value is -5.85. The van der Waals surface area contributed by atoms with Gasteiger partial charge in [-0.1, -0.05) is 142 Å². The van der Waals surface area contributed by atoms with Crippen LogP contribution in [0.5, 0.6) is 0 Å². The van der Waals surface area contributed by atoms with Gasteiger partial charge in [0.1, 0.15) is 6.04 Å². The smallest absolute Gasteiger partial charge is 0.270 e. The van der Waals surface area contributed by atoms with Crippen molar-refractivity contribution in [2.24, 2.45) is 5.41 Å². The number of carbonyl (C=O) groups excluding carboxylic acids is 3. The fourth-order valence-electron chi connectivity index (χ4n) is 9.02. The van der Waals surface area contributed by atoms with Gasteiger partial charge in [0.05, 0.1) is 6.04 Å². The maximum Gasteiger partial charge on any atom is 0.270 e. The van der Waals surface area contributed by atoms with Gasteiger partial charge in [-0.25, -0.2) is 5.06 Å². The Morgan fingerprint density at radius 3 is 1.29 bits per heavy atom. The largest absolute Gasteiger partial charge is 0.286 e. The first-order valence-corrected chi connectivity index (χ1v) is 17.4. The van der Waals surface area contributed by atoms with E-state index < -0.39 is 47.1 Å². The number of hydrogen-bond donors (Lipinski definition) is 1. The van der Waals surface area contributed by atoms with Crippen LogP contribution in [-0.2, 0) is 4.79 Å². The van der Waals surface area contributed by atoms with Crippen LogP contribution in [-0.4, -0.2) is 45.0 Å². The van der Waals surface area contributed by atoms with E-state index in [0.29, 0.717) is 16.5 Å². The summed E-state index contributed by atoms with van der Waals surface area (Å²) in [6, 6.07) is 41.3. The van der Waals surface area contributed by atoms with Gasteiger partial charge in [0.15, 0.2) is 0 Å². The number of rotatable bonds is 5. The molecule has 51 heavy (non-hydrogen) atoms. The third-order valence-electron chi connectivity index (χ3n) is 11.1. The number of hydrogen-bond acceptors (Lipinski definition) is 4. The molecular weight excluding hydrogens is 633 g/mol. The molecule has 1 heterocycles. The molecule has 1 aliphatic heterocycles. The van der Waals surface area contributed by atoms with E-state index >= 15 is 4.79 Å². The Kier molecular flexibility index (Phi) is 6.93. The second-order valence-corrected chi connectivity index (χ2v) is 14.9. The summed E-state index contributed by atoms with van der Waals surface area (Å²) < 4.78 is 0. The molecule has 0 aromatic heterocycles. The molecule has 0 bridgehead atoms. The highest BCUT2D eigenvalue weighted by molar-refractivity contribution is 6.26. The molecule has 0 radical (unpaired) electrons. The summed E-state index contributed by atoms with van der Waals surface area (Å²) in [5, 5.41) is 15.1. The normalized spacial score (nSPS) is 15.5. The van der Waals surface area contributed by atoms with Crippen molar-refractivity contribution in [3.05, 3.63) is 167 Å². The maximum absolute atomic E-state index is 15.4. The molecule has 3 aliphatic rings. The molecule has 0 unspecified atom stereocenters. The van der Waals surface area contributed by atoms with Crippen molar-refractivity contribution in [3.63, 3.8) is 0 Å². The van der Waals surface area contributed by atoms with Crippen LogP contribution in [0.15, 0.2) is 133 Å². The lowest BCUT2D eigenvalue weighted by molar-refractivity contribution is -0.186. The van der Waals surface area contributed by atoms with Gasteiger partial charge in [-0.05, 0) is 67.4 Å². The molecule has 6 heteroatoms. The van der Waals surface area contributed by atoms with Crippen LogP contribution < -0.4 is 0 Å². The molecule has 2 aliphatic carbocycles. The van der Waals surface area contributed by atoms with Crippen LogP contribution in [0.1, 0.15) is 75.6 Å². The summed E-state index contributed by atoms with van der Waals surface area (Å²) >= 11 is 0. The Labute approximate surface area is 296 Å². The zero-order valence-electron chi connectivity index (χ0n) is 28.6. The minimum atomic E-state index is -1.31. The molecule has 0 spiro atoms. The fraction of sp³-hybridized carbons (Fsp3) is 0.178. The predicted molar refractivity (Wildman–Crippen MR) is 198 cm³/mol. The zero-order chi connectivity index (χ0) is 35.2. The fourth-order valence-corrected chi connectivity index (χ4v) is 9.02. The van der Waals surface area contributed by atoms with Crippen molar-refractivity contribution in [2.45, 2.75) is 44.7 Å². The van der Waals surface area contributed by atoms with Crippen molar-refractivity contribution in [1.82, 2.24) is 9.96 Å². The summed E-state index contributed by atoms with van der Waals surface area (Å²) in [6.45, 7) is 5.50. The van der Waals surface area contributed by atoms with Crippen LogP contribution in [0.3, 0.4) is 0 Å². The molecule has 0 fully saturated rings. The minimum absolute atomic E-state index is 0.364. The van der Waals surface area contributed by atoms with Gasteiger partial charge in [0.25, 0.3) is 17.7 Å². The van der Waals surface area contributed by atoms with Crippen LogP contribution >= 0.6 is 0 Å². The molecule has 0 saturated carbocycles. The summed E-state index contributed by atoms with van der Waals surface area (Å²) in [6.07, 6.45) is 0. The first kappa shape index (κ1) is 31.2. The molecule has 0 saturated heterocycles. The van der Waals surface area contributed by atoms with E-state index in [2.05, 4.69) is 48.5 Å². The highest BCUT2D eigenvalue weighted by Crippen LogP contribution is 2.55. The van der Waals surface area contributed by atoms with Crippen LogP contribution in [0, 0.1) is 5.41 Å². The lowest BCUT2D eigenvalue weighted by Crippen LogP contribution is -2.61. The van der Waals surface area contributed by atoms with Gasteiger partial charge in [0.2, 0.25) is 0 Å². The molecule has 1 N–H and O–H groups in total. The maximum atomic E-state index is 15.4. The zero-order valence-corrected chi connectivity index (χ0v) is 28.6. The summed E-state index contributed by atoms with van der Waals surface area (Å²) in [7, 11) is 0. The third-order valence-corrected chi connectivity index (χ3v) is 11.1. The van der Waals surface area contributed by atoms with Gasteiger partial charge in [-0.15, -0.1) is 0 Å². The number of hydroxylamine groups is 2. The number of fused-ring (bicyclic) bond motifs is 6. The first-order valence-electron chi connectivity index (χ1n) is 17.4. The van der Waals surface area contributed by atoms with Gasteiger partial charge >= 0.3 is 0 Å². The number of carbonyl (C=O) groups is 3. The number of imide groups is 1. The Morgan fingerprint density at radius 1 is 0.569 bits per heavy atom. The van der Waals surface area contributed by atoms with Crippen molar-refractivity contribution in [2.75, 3.05) is 0 Å². The number of amides is 3. The van der Waals surface area contributed by atoms with E-state index in [0.717, 1.165) is 59.9 Å². The molecule has 1 atom stereocenters. The summed E-state index contributed by atoms with van der Waals surface area (Å²) in [5.41, 5.74) is 8.06. The molecule has 3 amide bonds. The molecule has 250 valence electrons. The molecule has 9 rings (SSSR count). The molecule has 6 nitrogen and oxygen atoms in total. The molecule has 6 aromatic carbocycles. The molecular formula is C45H36N2O4. The Bertz CT molecular complexity index is 2210. The van der Waals surface area contributed by atoms with Gasteiger partial charge in [-0.3, -0.25) is 24.5 Å². The lowest BCUT2D eigenvalue weighted by atomic mass is 9.76. The van der Waals surface area contributed by atoms with Crippen molar-refractivity contribution in [3.8, 4) is 22.3 Å². The van der Waals surface area contributed by atoms with E-state index in [-0.39, 0.29) is 0 Å². The highest BCUT2D eigenvalue weighted by atomic mass is 16.5. The van der Waals surface area contributed by atoms with E-state index in [1.54, 1.807) is 24.3 Å². The average Bonchev–Trinajstić information content (AvgIpc) is 3.65. The highest BCUT2D eigenvalue weighted by Gasteiger charge is 2.52. The number of benzene rings is 6. The van der Waals surface area contributed by atoms with Crippen LogP contribution in [0.2, 0.25) is 0 Å². The van der Waals surface area contributed by atoms with Crippen molar-refractivity contribution < 1.29 is 19.6 Å². The van der Waals surface area contributed by atoms with Crippen LogP contribution in [0.4, 0.5) is 0 Å². The summed E-state index contributed by atoms with van der Waals surface area (Å²) in [5.74, 6) is -2.63. The Morgan fingerprint density at radius 2 is 0.922 bits per heavy atom. The quantitative estimate of drug-likeness (QED) is 0.113. The van der Waals surface area contributed by atoms with E-state index in [4.69, 9.17) is 0 Å². The Balaban J connectivity index is 1.24. The monoisotopic (exact) mass is 668 g/mol. The second-order valence-electron chi connectivity index (χ2n) is 14.9. The number of nitrogens with zero attached hydrogens (tertiary/aromatic N) is 2. The van der Waals surface area contributed by atoms with Gasteiger partial charge in [0, 0.05) is 28.3 Å². The molecule has 6 aromatic rings. The minimum Gasteiger partial charge on any atom is -0.286 e. The SMILES string of the molecule is CC(C)(C)[C@@H](C(=O)N(O)C(C1c2ccccc2-c2ccccc21)C1c2ccccc2-c2ccccc21)N1C(=O)c2cccc3cccc(c23)C1=O. The predicted octanol–water partition coefficient (Wildman–Crippen LogP) is 9.06. The second kappa shape index (κ2) is 11.3. The topological polar surface area (TPSA) is 77.9 Å².